The van der Waals surface area contributed by atoms with Gasteiger partial charge in [0.25, 0.3) is 0 Å². The van der Waals surface area contributed by atoms with Crippen molar-refractivity contribution in [3.8, 4) is 0 Å². The highest BCUT2D eigenvalue weighted by molar-refractivity contribution is 5.87. The molecule has 1 aromatic carbocycles. The number of hydrogen-bond acceptors (Lipinski definition) is 6. The molecule has 1 aromatic heterocycles. The third-order valence-corrected chi connectivity index (χ3v) is 2.42. The van der Waals surface area contributed by atoms with Gasteiger partial charge in [-0.2, -0.15) is 0 Å². The Morgan fingerprint density at radius 3 is 2.76 bits per heavy atom. The Morgan fingerprint density at radius 1 is 1.41 bits per heavy atom. The quantitative estimate of drug-likeness (QED) is 0.586. The molecule has 17 heavy (non-hydrogen) atoms. The molecular weight excluding hydrogens is 228 g/mol. The van der Waals surface area contributed by atoms with Crippen molar-refractivity contribution in [3.63, 3.8) is 0 Å². The SMILES string of the molecule is Nc1noc2ccc(C(O)C(O)C(=O)O)cc12. The summed E-state index contributed by atoms with van der Waals surface area (Å²) in [5.74, 6) is -1.37. The molecule has 0 aliphatic heterocycles. The van der Waals surface area contributed by atoms with Crippen molar-refractivity contribution in [1.82, 2.24) is 5.16 Å². The number of nitrogens with two attached hydrogens (primary N) is 1. The highest BCUT2D eigenvalue weighted by Gasteiger charge is 2.25. The lowest BCUT2D eigenvalue weighted by Gasteiger charge is -2.13. The molecule has 5 N–H and O–H groups in total. The average Bonchev–Trinajstić information content (AvgIpc) is 2.68. The van der Waals surface area contributed by atoms with Crippen LogP contribution in [0.3, 0.4) is 0 Å². The molecule has 0 radical (unpaired) electrons. The molecule has 0 saturated heterocycles. The number of fused-ring (bicyclic) bond motifs is 1. The van der Waals surface area contributed by atoms with E-state index in [1.54, 1.807) is 0 Å². The molecule has 1 heterocycles. The third-order valence-electron chi connectivity index (χ3n) is 2.42. The van der Waals surface area contributed by atoms with Gasteiger partial charge in [-0.15, -0.1) is 0 Å². The monoisotopic (exact) mass is 238 g/mol. The number of nitrogen functional groups attached to an aromatic ring is 1. The normalized spacial score (nSPS) is 14.7. The van der Waals surface area contributed by atoms with Crippen molar-refractivity contribution in [2.24, 2.45) is 0 Å². The molecule has 2 aromatic rings. The van der Waals surface area contributed by atoms with E-state index >= 15 is 0 Å². The summed E-state index contributed by atoms with van der Waals surface area (Å²) in [6.45, 7) is 0. The van der Waals surface area contributed by atoms with Crippen LogP contribution < -0.4 is 5.73 Å². The molecule has 0 aliphatic carbocycles. The molecule has 2 atom stereocenters. The fraction of sp³-hybridized carbons (Fsp3) is 0.200. The van der Waals surface area contributed by atoms with Gasteiger partial charge in [-0.05, 0) is 17.7 Å². The van der Waals surface area contributed by atoms with Crippen molar-refractivity contribution in [2.45, 2.75) is 12.2 Å². The fourth-order valence-electron chi connectivity index (χ4n) is 1.48. The van der Waals surface area contributed by atoms with E-state index in [-0.39, 0.29) is 11.4 Å². The Hall–Kier alpha value is -2.12. The van der Waals surface area contributed by atoms with Gasteiger partial charge in [0.15, 0.2) is 17.5 Å². The van der Waals surface area contributed by atoms with Crippen molar-refractivity contribution < 1.29 is 24.6 Å². The number of carboxylic acids is 1. The maximum absolute atomic E-state index is 10.5. The van der Waals surface area contributed by atoms with Gasteiger partial charge in [-0.1, -0.05) is 11.2 Å². The lowest BCUT2D eigenvalue weighted by atomic mass is 10.0. The van der Waals surface area contributed by atoms with Crippen LogP contribution in [0.2, 0.25) is 0 Å². The molecule has 2 rings (SSSR count). The second-order valence-electron chi connectivity index (χ2n) is 3.55. The summed E-state index contributed by atoms with van der Waals surface area (Å²) in [6, 6.07) is 4.35. The summed E-state index contributed by atoms with van der Waals surface area (Å²) < 4.78 is 4.86. The van der Waals surface area contributed by atoms with Crippen molar-refractivity contribution in [2.75, 3.05) is 5.73 Å². The number of aromatic nitrogens is 1. The summed E-state index contributed by atoms with van der Waals surface area (Å²) in [6.07, 6.45) is -3.43. The van der Waals surface area contributed by atoms with Crippen molar-refractivity contribution in [1.29, 1.82) is 0 Å². The number of aliphatic carboxylic acids is 1. The van der Waals surface area contributed by atoms with Crippen LogP contribution in [0, 0.1) is 0 Å². The van der Waals surface area contributed by atoms with Crippen LogP contribution in [-0.2, 0) is 4.79 Å². The molecule has 7 nitrogen and oxygen atoms in total. The van der Waals surface area contributed by atoms with E-state index in [0.717, 1.165) is 0 Å². The predicted octanol–water partition coefficient (Wildman–Crippen LogP) is -0.111. The molecular formula is C10H10N2O5. The van der Waals surface area contributed by atoms with E-state index in [1.165, 1.54) is 18.2 Å². The highest BCUT2D eigenvalue weighted by Crippen LogP contribution is 2.26. The van der Waals surface area contributed by atoms with Crippen LogP contribution in [0.15, 0.2) is 22.7 Å². The van der Waals surface area contributed by atoms with Gasteiger partial charge in [0.05, 0.1) is 5.39 Å². The van der Waals surface area contributed by atoms with Gasteiger partial charge < -0.3 is 25.6 Å². The number of nitrogens with zero attached hydrogens (tertiary/aromatic N) is 1. The molecule has 90 valence electrons. The van der Waals surface area contributed by atoms with Crippen LogP contribution in [0.1, 0.15) is 11.7 Å². The summed E-state index contributed by atoms with van der Waals surface area (Å²) in [5.41, 5.74) is 6.16. The van der Waals surface area contributed by atoms with Crippen LogP contribution in [0.5, 0.6) is 0 Å². The number of anilines is 1. The molecule has 0 bridgehead atoms. The number of rotatable bonds is 3. The lowest BCUT2D eigenvalue weighted by molar-refractivity contribution is -0.153. The Labute approximate surface area is 95.1 Å². The average molecular weight is 238 g/mol. The van der Waals surface area contributed by atoms with Crippen LogP contribution in [-0.4, -0.2) is 32.5 Å². The first-order chi connectivity index (χ1) is 8.00. The first kappa shape index (κ1) is 11.4. The second-order valence-corrected chi connectivity index (χ2v) is 3.55. The Kier molecular flexibility index (Phi) is 2.70. The van der Waals surface area contributed by atoms with E-state index in [9.17, 15) is 15.0 Å². The number of aliphatic hydroxyl groups excluding tert-OH is 2. The van der Waals surface area contributed by atoms with Crippen molar-refractivity contribution >= 4 is 22.8 Å². The molecule has 7 heteroatoms. The van der Waals surface area contributed by atoms with E-state index in [2.05, 4.69) is 5.16 Å². The van der Waals surface area contributed by atoms with Crippen LogP contribution in [0.4, 0.5) is 5.82 Å². The van der Waals surface area contributed by atoms with Gasteiger partial charge in [0.1, 0.15) is 6.10 Å². The molecule has 0 saturated carbocycles. The number of hydrogen-bond donors (Lipinski definition) is 4. The molecule has 0 amide bonds. The minimum Gasteiger partial charge on any atom is -0.479 e. The Balaban J connectivity index is 2.42. The summed E-state index contributed by atoms with van der Waals surface area (Å²) >= 11 is 0. The van der Waals surface area contributed by atoms with Gasteiger partial charge in [-0.25, -0.2) is 4.79 Å². The summed E-state index contributed by atoms with van der Waals surface area (Å²) in [5, 5.41) is 31.4. The van der Waals surface area contributed by atoms with Crippen LogP contribution in [0.25, 0.3) is 11.0 Å². The van der Waals surface area contributed by atoms with Crippen LogP contribution >= 0.6 is 0 Å². The fourth-order valence-corrected chi connectivity index (χ4v) is 1.48. The van der Waals surface area contributed by atoms with E-state index in [1.807, 2.05) is 0 Å². The topological polar surface area (TPSA) is 130 Å². The first-order valence-corrected chi connectivity index (χ1v) is 4.74. The lowest BCUT2D eigenvalue weighted by Crippen LogP contribution is -2.27. The molecule has 2 unspecified atom stereocenters. The Bertz CT molecular complexity index is 565. The summed E-state index contributed by atoms with van der Waals surface area (Å²) in [4.78, 5) is 10.5. The number of carbonyl (C=O) groups is 1. The maximum Gasteiger partial charge on any atom is 0.335 e. The predicted molar refractivity (Wildman–Crippen MR) is 57.0 cm³/mol. The molecule has 0 aliphatic rings. The standard InChI is InChI=1S/C10H10N2O5/c11-9-5-3-4(1-2-6(5)17-12-9)7(13)8(14)10(15)16/h1-3,7-8,13-14H,(H2,11,12)(H,15,16). The molecule has 0 fully saturated rings. The number of benzene rings is 1. The zero-order valence-corrected chi connectivity index (χ0v) is 8.57. The minimum atomic E-state index is -1.89. The maximum atomic E-state index is 10.5. The zero-order chi connectivity index (χ0) is 12.6. The van der Waals surface area contributed by atoms with E-state index in [4.69, 9.17) is 15.4 Å². The number of carboxylic acid groups (broad SMARTS) is 1. The minimum absolute atomic E-state index is 0.138. The Morgan fingerprint density at radius 2 is 2.12 bits per heavy atom. The van der Waals surface area contributed by atoms with Gasteiger partial charge >= 0.3 is 5.97 Å². The highest BCUT2D eigenvalue weighted by atomic mass is 16.5. The number of aliphatic hydroxyl groups is 2. The van der Waals surface area contributed by atoms with E-state index < -0.39 is 18.2 Å². The van der Waals surface area contributed by atoms with Gasteiger partial charge in [0.2, 0.25) is 0 Å². The largest absolute Gasteiger partial charge is 0.479 e. The van der Waals surface area contributed by atoms with E-state index in [0.29, 0.717) is 11.0 Å². The van der Waals surface area contributed by atoms with Crippen molar-refractivity contribution in [3.05, 3.63) is 23.8 Å². The smallest absolute Gasteiger partial charge is 0.335 e. The molecule has 0 spiro atoms. The summed E-state index contributed by atoms with van der Waals surface area (Å²) in [7, 11) is 0. The van der Waals surface area contributed by atoms with Gasteiger partial charge in [-0.3, -0.25) is 0 Å². The second kappa shape index (κ2) is 4.04. The van der Waals surface area contributed by atoms with Gasteiger partial charge in [0, 0.05) is 0 Å². The third kappa shape index (κ3) is 1.93. The first-order valence-electron chi connectivity index (χ1n) is 4.74. The zero-order valence-electron chi connectivity index (χ0n) is 8.57.